The Morgan fingerprint density at radius 1 is 1.04 bits per heavy atom. The summed E-state index contributed by atoms with van der Waals surface area (Å²) in [5.41, 5.74) is 2.61. The van der Waals surface area contributed by atoms with Gasteiger partial charge in [-0.1, -0.05) is 36.4 Å². The van der Waals surface area contributed by atoms with Crippen LogP contribution >= 0.6 is 0 Å². The first-order valence-electron chi connectivity index (χ1n) is 8.23. The van der Waals surface area contributed by atoms with Gasteiger partial charge in [-0.2, -0.15) is 5.10 Å². The molecule has 2 heterocycles. The van der Waals surface area contributed by atoms with E-state index in [-0.39, 0.29) is 5.91 Å². The molecule has 3 N–H and O–H groups in total. The Morgan fingerprint density at radius 2 is 1.85 bits per heavy atom. The quantitative estimate of drug-likeness (QED) is 0.515. The second-order valence-corrected chi connectivity index (χ2v) is 5.93. The zero-order valence-electron chi connectivity index (χ0n) is 14.2. The molecular weight excluding hydrogens is 326 g/mol. The third-order valence-corrected chi connectivity index (χ3v) is 3.98. The molecule has 0 atom stereocenters. The minimum atomic E-state index is -0.0907. The number of carbonyl (C=O) groups is 1. The van der Waals surface area contributed by atoms with Crippen LogP contribution in [0.25, 0.3) is 22.0 Å². The molecule has 2 aromatic heterocycles. The van der Waals surface area contributed by atoms with Crippen molar-refractivity contribution in [3.63, 3.8) is 0 Å². The maximum atomic E-state index is 11.2. The van der Waals surface area contributed by atoms with Crippen LogP contribution in [0.1, 0.15) is 6.92 Å². The average Bonchev–Trinajstić information content (AvgIpc) is 3.14. The van der Waals surface area contributed by atoms with Gasteiger partial charge in [0.25, 0.3) is 0 Å². The van der Waals surface area contributed by atoms with Crippen LogP contribution in [-0.4, -0.2) is 21.1 Å². The SMILES string of the molecule is CC(=O)Nc1ccc(-c2nc(Nc3ccn[nH]3)cc3ccccc23)cc1. The molecule has 0 saturated heterocycles. The smallest absolute Gasteiger partial charge is 0.221 e. The highest BCUT2D eigenvalue weighted by Crippen LogP contribution is 2.30. The lowest BCUT2D eigenvalue weighted by atomic mass is 10.0. The molecule has 4 rings (SSSR count). The second kappa shape index (κ2) is 6.68. The van der Waals surface area contributed by atoms with Crippen molar-refractivity contribution >= 4 is 34.0 Å². The molecule has 26 heavy (non-hydrogen) atoms. The Kier molecular flexibility index (Phi) is 4.07. The Balaban J connectivity index is 1.78. The molecule has 0 bridgehead atoms. The van der Waals surface area contributed by atoms with Gasteiger partial charge in [-0.3, -0.25) is 9.89 Å². The summed E-state index contributed by atoms with van der Waals surface area (Å²) in [4.78, 5) is 16.0. The molecule has 0 aliphatic carbocycles. The summed E-state index contributed by atoms with van der Waals surface area (Å²) >= 11 is 0. The van der Waals surface area contributed by atoms with E-state index >= 15 is 0 Å². The Bertz CT molecular complexity index is 1060. The van der Waals surface area contributed by atoms with E-state index in [1.54, 1.807) is 6.20 Å². The number of aromatic amines is 1. The zero-order valence-corrected chi connectivity index (χ0v) is 14.2. The third-order valence-electron chi connectivity index (χ3n) is 3.98. The third kappa shape index (κ3) is 3.25. The standard InChI is InChI=1S/C20H17N5O/c1-13(26)22-16-8-6-14(7-9-16)20-17-5-3-2-4-15(17)12-19(24-20)23-18-10-11-21-25-18/h2-12H,1H3,(H,22,26)(H2,21,23,24,25). The van der Waals surface area contributed by atoms with Crippen molar-refractivity contribution in [2.45, 2.75) is 6.92 Å². The highest BCUT2D eigenvalue weighted by Gasteiger charge is 2.09. The molecule has 0 radical (unpaired) electrons. The van der Waals surface area contributed by atoms with Gasteiger partial charge in [0.2, 0.25) is 5.91 Å². The predicted molar refractivity (Wildman–Crippen MR) is 103 cm³/mol. The van der Waals surface area contributed by atoms with Gasteiger partial charge >= 0.3 is 0 Å². The number of carbonyl (C=O) groups excluding carboxylic acids is 1. The normalized spacial score (nSPS) is 10.7. The summed E-state index contributed by atoms with van der Waals surface area (Å²) in [5, 5.41) is 15.0. The highest BCUT2D eigenvalue weighted by atomic mass is 16.1. The minimum absolute atomic E-state index is 0.0907. The Morgan fingerprint density at radius 3 is 2.58 bits per heavy atom. The number of hydrogen-bond donors (Lipinski definition) is 3. The summed E-state index contributed by atoms with van der Waals surface area (Å²) in [6.07, 6.45) is 1.69. The van der Waals surface area contributed by atoms with Crippen molar-refractivity contribution in [2.75, 3.05) is 10.6 Å². The number of benzene rings is 2. The lowest BCUT2D eigenvalue weighted by Gasteiger charge is -2.11. The summed E-state index contributed by atoms with van der Waals surface area (Å²) in [6, 6.07) is 19.6. The second-order valence-electron chi connectivity index (χ2n) is 5.93. The summed E-state index contributed by atoms with van der Waals surface area (Å²) in [6.45, 7) is 1.49. The number of pyridine rings is 1. The molecule has 0 unspecified atom stereocenters. The van der Waals surface area contributed by atoms with Crippen molar-refractivity contribution < 1.29 is 4.79 Å². The topological polar surface area (TPSA) is 82.7 Å². The number of fused-ring (bicyclic) bond motifs is 1. The van der Waals surface area contributed by atoms with Gasteiger partial charge in [0.1, 0.15) is 11.6 Å². The fourth-order valence-electron chi connectivity index (χ4n) is 2.86. The van der Waals surface area contributed by atoms with Gasteiger partial charge in [0.05, 0.1) is 11.9 Å². The number of amides is 1. The minimum Gasteiger partial charge on any atom is -0.326 e. The Labute approximate surface area is 150 Å². The number of rotatable bonds is 4. The van der Waals surface area contributed by atoms with Gasteiger partial charge in [0, 0.05) is 29.6 Å². The molecule has 0 saturated carbocycles. The van der Waals surface area contributed by atoms with Gasteiger partial charge in [0.15, 0.2) is 0 Å². The van der Waals surface area contributed by atoms with Crippen LogP contribution in [-0.2, 0) is 4.79 Å². The molecule has 128 valence electrons. The lowest BCUT2D eigenvalue weighted by molar-refractivity contribution is -0.114. The monoisotopic (exact) mass is 343 g/mol. The van der Waals surface area contributed by atoms with Crippen molar-refractivity contribution in [1.82, 2.24) is 15.2 Å². The van der Waals surface area contributed by atoms with Gasteiger partial charge in [-0.05, 0) is 23.6 Å². The van der Waals surface area contributed by atoms with E-state index in [0.717, 1.165) is 39.4 Å². The fraction of sp³-hybridized carbons (Fsp3) is 0.0500. The van der Waals surface area contributed by atoms with Crippen LogP contribution < -0.4 is 10.6 Å². The number of anilines is 3. The highest BCUT2D eigenvalue weighted by molar-refractivity contribution is 5.97. The first-order chi connectivity index (χ1) is 12.7. The largest absolute Gasteiger partial charge is 0.326 e. The average molecular weight is 343 g/mol. The molecular formula is C20H17N5O. The molecule has 4 aromatic rings. The van der Waals surface area contributed by atoms with Crippen LogP contribution in [0.2, 0.25) is 0 Å². The van der Waals surface area contributed by atoms with E-state index in [9.17, 15) is 4.79 Å². The molecule has 1 amide bonds. The van der Waals surface area contributed by atoms with Crippen molar-refractivity contribution in [1.29, 1.82) is 0 Å². The zero-order chi connectivity index (χ0) is 17.9. The predicted octanol–water partition coefficient (Wildman–Crippen LogP) is 4.33. The molecule has 0 aliphatic heterocycles. The first-order valence-corrected chi connectivity index (χ1v) is 8.23. The van der Waals surface area contributed by atoms with E-state index in [1.165, 1.54) is 6.92 Å². The molecule has 0 spiro atoms. The van der Waals surface area contributed by atoms with E-state index in [4.69, 9.17) is 4.98 Å². The van der Waals surface area contributed by atoms with Crippen LogP contribution in [0.15, 0.2) is 66.9 Å². The molecule has 2 aromatic carbocycles. The molecule has 0 aliphatic rings. The van der Waals surface area contributed by atoms with Crippen molar-refractivity contribution in [2.24, 2.45) is 0 Å². The number of aromatic nitrogens is 3. The van der Waals surface area contributed by atoms with E-state index in [2.05, 4.69) is 33.0 Å². The van der Waals surface area contributed by atoms with Gasteiger partial charge in [-0.25, -0.2) is 4.98 Å². The summed E-state index contributed by atoms with van der Waals surface area (Å²) in [7, 11) is 0. The fourth-order valence-corrected chi connectivity index (χ4v) is 2.86. The maximum Gasteiger partial charge on any atom is 0.221 e. The van der Waals surface area contributed by atoms with Gasteiger partial charge in [-0.15, -0.1) is 0 Å². The van der Waals surface area contributed by atoms with E-state index < -0.39 is 0 Å². The van der Waals surface area contributed by atoms with Crippen LogP contribution in [0.4, 0.5) is 17.3 Å². The number of nitrogens with one attached hydrogen (secondary N) is 3. The van der Waals surface area contributed by atoms with Crippen LogP contribution in [0.3, 0.4) is 0 Å². The van der Waals surface area contributed by atoms with Crippen LogP contribution in [0.5, 0.6) is 0 Å². The lowest BCUT2D eigenvalue weighted by Crippen LogP contribution is -2.05. The van der Waals surface area contributed by atoms with Crippen molar-refractivity contribution in [3.05, 3.63) is 66.9 Å². The van der Waals surface area contributed by atoms with E-state index in [0.29, 0.717) is 0 Å². The maximum absolute atomic E-state index is 11.2. The molecule has 6 nitrogen and oxygen atoms in total. The number of hydrogen-bond acceptors (Lipinski definition) is 4. The van der Waals surface area contributed by atoms with E-state index in [1.807, 2.05) is 48.5 Å². The van der Waals surface area contributed by atoms with Crippen LogP contribution in [0, 0.1) is 0 Å². The molecule has 0 fully saturated rings. The summed E-state index contributed by atoms with van der Waals surface area (Å²) in [5.74, 6) is 1.42. The molecule has 6 heteroatoms. The first kappa shape index (κ1) is 15.8. The van der Waals surface area contributed by atoms with Crippen molar-refractivity contribution in [3.8, 4) is 11.3 Å². The van der Waals surface area contributed by atoms with Gasteiger partial charge < -0.3 is 10.6 Å². The number of H-pyrrole nitrogens is 1. The number of nitrogens with zero attached hydrogens (tertiary/aromatic N) is 2. The summed E-state index contributed by atoms with van der Waals surface area (Å²) < 4.78 is 0. The Hall–Kier alpha value is -3.67.